The van der Waals surface area contributed by atoms with Crippen molar-refractivity contribution in [1.29, 1.82) is 0 Å². The van der Waals surface area contributed by atoms with Crippen molar-refractivity contribution in [3.8, 4) is 0 Å². The highest BCUT2D eigenvalue weighted by Gasteiger charge is 2.18. The van der Waals surface area contributed by atoms with E-state index < -0.39 is 0 Å². The zero-order valence-corrected chi connectivity index (χ0v) is 13.1. The van der Waals surface area contributed by atoms with E-state index >= 15 is 0 Å². The molecule has 0 saturated carbocycles. The van der Waals surface area contributed by atoms with Gasteiger partial charge in [-0.05, 0) is 41.8 Å². The summed E-state index contributed by atoms with van der Waals surface area (Å²) in [6.07, 6.45) is 0. The predicted octanol–water partition coefficient (Wildman–Crippen LogP) is 5.39. The number of hydrogen-bond acceptors (Lipinski definition) is 2. The average molecular weight is 320 g/mol. The van der Waals surface area contributed by atoms with Gasteiger partial charge in [-0.15, -0.1) is 11.3 Å². The molecule has 0 aliphatic heterocycles. The van der Waals surface area contributed by atoms with Crippen LogP contribution in [0.5, 0.6) is 0 Å². The fraction of sp³-hybridized carbons (Fsp3) is 0.176. The lowest BCUT2D eigenvalue weighted by atomic mass is 10.0. The largest absolute Gasteiger partial charge is 0.306 e. The molecule has 0 amide bonds. The van der Waals surface area contributed by atoms with Crippen LogP contribution in [-0.4, -0.2) is 6.54 Å². The molecule has 0 spiro atoms. The Bertz CT molecular complexity index is 768. The summed E-state index contributed by atoms with van der Waals surface area (Å²) in [5, 5.41) is 5.27. The van der Waals surface area contributed by atoms with Crippen LogP contribution in [0.25, 0.3) is 10.1 Å². The van der Waals surface area contributed by atoms with E-state index in [0.29, 0.717) is 0 Å². The fourth-order valence-corrected chi connectivity index (χ4v) is 3.87. The van der Waals surface area contributed by atoms with Gasteiger partial charge in [0, 0.05) is 14.6 Å². The molecule has 0 saturated heterocycles. The summed E-state index contributed by atoms with van der Waals surface area (Å²) in [6.45, 7) is 2.90. The summed E-state index contributed by atoms with van der Waals surface area (Å²) >= 11 is 7.94. The van der Waals surface area contributed by atoms with Gasteiger partial charge in [-0.25, -0.2) is 4.39 Å². The molecule has 3 aromatic rings. The third-order valence-electron chi connectivity index (χ3n) is 3.41. The van der Waals surface area contributed by atoms with Crippen LogP contribution in [0.4, 0.5) is 4.39 Å². The Balaban J connectivity index is 2.09. The highest BCUT2D eigenvalue weighted by atomic mass is 35.5. The first-order valence-electron chi connectivity index (χ1n) is 6.86. The number of fused-ring (bicyclic) bond motifs is 1. The molecule has 1 aromatic heterocycles. The molecule has 108 valence electrons. The normalized spacial score (nSPS) is 12.7. The molecule has 0 aliphatic carbocycles. The molecule has 0 radical (unpaired) electrons. The summed E-state index contributed by atoms with van der Waals surface area (Å²) < 4.78 is 14.3. The Labute approximate surface area is 132 Å². The highest BCUT2D eigenvalue weighted by molar-refractivity contribution is 7.19. The van der Waals surface area contributed by atoms with E-state index in [2.05, 4.69) is 18.3 Å². The third kappa shape index (κ3) is 2.95. The minimum absolute atomic E-state index is 0.0316. The van der Waals surface area contributed by atoms with Gasteiger partial charge in [-0.2, -0.15) is 0 Å². The zero-order valence-electron chi connectivity index (χ0n) is 11.6. The van der Waals surface area contributed by atoms with Crippen molar-refractivity contribution in [3.05, 3.63) is 69.8 Å². The Morgan fingerprint density at radius 1 is 1.19 bits per heavy atom. The molecule has 1 nitrogen and oxygen atoms in total. The van der Waals surface area contributed by atoms with Crippen molar-refractivity contribution in [2.75, 3.05) is 6.54 Å². The van der Waals surface area contributed by atoms with Crippen LogP contribution < -0.4 is 5.32 Å². The number of nitrogens with one attached hydrogen (secondary N) is 1. The molecule has 1 unspecified atom stereocenters. The van der Waals surface area contributed by atoms with Crippen molar-refractivity contribution in [3.63, 3.8) is 0 Å². The molecule has 0 aliphatic rings. The second-order valence-electron chi connectivity index (χ2n) is 4.84. The molecular formula is C17H15ClFNS. The Morgan fingerprint density at radius 3 is 2.76 bits per heavy atom. The van der Waals surface area contributed by atoms with Gasteiger partial charge >= 0.3 is 0 Å². The lowest BCUT2D eigenvalue weighted by Gasteiger charge is -2.18. The smallest absolute Gasteiger partial charge is 0.124 e. The second-order valence-corrected chi connectivity index (χ2v) is 6.37. The van der Waals surface area contributed by atoms with Gasteiger partial charge in [0.1, 0.15) is 5.82 Å². The Kier molecular flexibility index (Phi) is 4.24. The van der Waals surface area contributed by atoms with E-state index in [1.807, 2.05) is 30.3 Å². The number of halogens is 2. The Morgan fingerprint density at radius 2 is 2.00 bits per heavy atom. The molecule has 3 rings (SSSR count). The van der Waals surface area contributed by atoms with Crippen LogP contribution >= 0.6 is 22.9 Å². The van der Waals surface area contributed by atoms with Crippen molar-refractivity contribution < 1.29 is 4.39 Å². The van der Waals surface area contributed by atoms with Crippen LogP contribution in [0.3, 0.4) is 0 Å². The van der Waals surface area contributed by atoms with Gasteiger partial charge < -0.3 is 5.32 Å². The van der Waals surface area contributed by atoms with Crippen LogP contribution in [0.1, 0.15) is 23.4 Å². The summed E-state index contributed by atoms with van der Waals surface area (Å²) in [7, 11) is 0. The number of benzene rings is 2. The van der Waals surface area contributed by atoms with Crippen LogP contribution in [-0.2, 0) is 0 Å². The first-order chi connectivity index (χ1) is 10.2. The summed E-state index contributed by atoms with van der Waals surface area (Å²) in [5.41, 5.74) is 1.05. The second kappa shape index (κ2) is 6.14. The van der Waals surface area contributed by atoms with Gasteiger partial charge in [0.2, 0.25) is 0 Å². The zero-order chi connectivity index (χ0) is 14.8. The minimum Gasteiger partial charge on any atom is -0.306 e. The molecule has 1 N–H and O–H groups in total. The van der Waals surface area contributed by atoms with E-state index in [0.717, 1.165) is 32.1 Å². The van der Waals surface area contributed by atoms with E-state index in [1.54, 1.807) is 17.4 Å². The van der Waals surface area contributed by atoms with E-state index in [4.69, 9.17) is 11.6 Å². The Hall–Kier alpha value is -1.42. The third-order valence-corrected chi connectivity index (χ3v) is 4.92. The summed E-state index contributed by atoms with van der Waals surface area (Å²) in [6, 6.07) is 14.9. The van der Waals surface area contributed by atoms with Crippen LogP contribution in [0, 0.1) is 5.82 Å². The molecule has 1 atom stereocenters. The van der Waals surface area contributed by atoms with Crippen LogP contribution in [0.2, 0.25) is 5.02 Å². The van der Waals surface area contributed by atoms with Gasteiger partial charge in [-0.1, -0.05) is 42.8 Å². The standard InChI is InChI=1S/C17H15ClFNS/c1-2-20-17(13-5-3-4-6-14(13)18)16-9-11-7-8-12(19)10-15(11)21-16/h3-10,17,20H,2H2,1H3. The summed E-state index contributed by atoms with van der Waals surface area (Å²) in [4.78, 5) is 1.14. The van der Waals surface area contributed by atoms with Gasteiger partial charge in [0.25, 0.3) is 0 Å². The molecular weight excluding hydrogens is 305 g/mol. The lowest BCUT2D eigenvalue weighted by molar-refractivity contribution is 0.630. The molecule has 2 aromatic carbocycles. The molecule has 21 heavy (non-hydrogen) atoms. The predicted molar refractivity (Wildman–Crippen MR) is 88.8 cm³/mol. The lowest BCUT2D eigenvalue weighted by Crippen LogP contribution is -2.21. The maximum absolute atomic E-state index is 13.4. The van der Waals surface area contributed by atoms with Crippen LogP contribution in [0.15, 0.2) is 48.5 Å². The molecule has 0 fully saturated rings. The van der Waals surface area contributed by atoms with E-state index in [-0.39, 0.29) is 11.9 Å². The van der Waals surface area contributed by atoms with Gasteiger partial charge in [0.05, 0.1) is 6.04 Å². The summed E-state index contributed by atoms with van der Waals surface area (Å²) in [5.74, 6) is -0.200. The van der Waals surface area contributed by atoms with Crippen molar-refractivity contribution in [2.45, 2.75) is 13.0 Å². The van der Waals surface area contributed by atoms with E-state index in [1.165, 1.54) is 6.07 Å². The quantitative estimate of drug-likeness (QED) is 0.679. The highest BCUT2D eigenvalue weighted by Crippen LogP contribution is 2.35. The first kappa shape index (κ1) is 14.5. The molecule has 4 heteroatoms. The van der Waals surface area contributed by atoms with Crippen molar-refractivity contribution in [1.82, 2.24) is 5.32 Å². The van der Waals surface area contributed by atoms with Gasteiger partial charge in [0.15, 0.2) is 0 Å². The average Bonchev–Trinajstić information content (AvgIpc) is 2.88. The SMILES string of the molecule is CCNC(c1cc2ccc(F)cc2s1)c1ccccc1Cl. The maximum atomic E-state index is 13.4. The van der Waals surface area contributed by atoms with Crippen molar-refractivity contribution >= 4 is 33.0 Å². The molecule has 1 heterocycles. The first-order valence-corrected chi connectivity index (χ1v) is 8.05. The minimum atomic E-state index is -0.200. The number of rotatable bonds is 4. The van der Waals surface area contributed by atoms with E-state index in [9.17, 15) is 4.39 Å². The monoisotopic (exact) mass is 319 g/mol. The topological polar surface area (TPSA) is 12.0 Å². The van der Waals surface area contributed by atoms with Gasteiger partial charge in [-0.3, -0.25) is 0 Å². The number of hydrogen-bond donors (Lipinski definition) is 1. The fourth-order valence-electron chi connectivity index (χ4n) is 2.44. The number of thiophene rings is 1. The molecule has 0 bridgehead atoms. The maximum Gasteiger partial charge on any atom is 0.124 e. The van der Waals surface area contributed by atoms with Crippen molar-refractivity contribution in [2.24, 2.45) is 0 Å².